The van der Waals surface area contributed by atoms with Crippen LogP contribution < -0.4 is 0 Å². The van der Waals surface area contributed by atoms with Gasteiger partial charge in [0.2, 0.25) is 0 Å². The van der Waals surface area contributed by atoms with Crippen LogP contribution in [-0.2, 0) is 4.74 Å². The van der Waals surface area contributed by atoms with Gasteiger partial charge in [-0.15, -0.1) is 0 Å². The number of piperidine rings is 1. The van der Waals surface area contributed by atoms with Gasteiger partial charge in [-0.2, -0.15) is 0 Å². The van der Waals surface area contributed by atoms with Crippen LogP contribution in [0.5, 0.6) is 0 Å². The van der Waals surface area contributed by atoms with Gasteiger partial charge in [0.15, 0.2) is 0 Å². The van der Waals surface area contributed by atoms with E-state index in [1.165, 1.54) is 0 Å². The number of aliphatic hydroxyl groups excluding tert-OH is 1. The van der Waals surface area contributed by atoms with Crippen LogP contribution in [0.1, 0.15) is 53.4 Å². The van der Waals surface area contributed by atoms with Crippen LogP contribution in [0.2, 0.25) is 0 Å². The molecule has 0 aliphatic carbocycles. The first-order chi connectivity index (χ1) is 8.33. The molecule has 0 bridgehead atoms. The molecule has 0 saturated carbocycles. The van der Waals surface area contributed by atoms with Crippen molar-refractivity contribution in [2.24, 2.45) is 5.92 Å². The zero-order valence-electron chi connectivity index (χ0n) is 12.1. The molecule has 1 heterocycles. The van der Waals surface area contributed by atoms with Crippen LogP contribution in [0.3, 0.4) is 0 Å². The summed E-state index contributed by atoms with van der Waals surface area (Å²) in [5.41, 5.74) is -0.452. The van der Waals surface area contributed by atoms with E-state index in [0.717, 1.165) is 19.3 Å². The first-order valence-corrected chi connectivity index (χ1v) is 6.99. The van der Waals surface area contributed by atoms with Gasteiger partial charge in [-0.25, -0.2) is 4.79 Å². The van der Waals surface area contributed by atoms with Crippen molar-refractivity contribution in [2.75, 3.05) is 13.1 Å². The second-order valence-electron chi connectivity index (χ2n) is 6.18. The summed E-state index contributed by atoms with van der Waals surface area (Å²) in [4.78, 5) is 13.7. The third-order valence-electron chi connectivity index (χ3n) is 3.27. The Morgan fingerprint density at radius 3 is 2.67 bits per heavy atom. The smallest absolute Gasteiger partial charge is 0.410 e. The average molecular weight is 257 g/mol. The van der Waals surface area contributed by atoms with Crippen LogP contribution >= 0.6 is 0 Å². The summed E-state index contributed by atoms with van der Waals surface area (Å²) in [6.07, 6.45) is 3.34. The van der Waals surface area contributed by atoms with Crippen molar-refractivity contribution in [3.63, 3.8) is 0 Å². The number of likely N-dealkylation sites (tertiary alicyclic amines) is 1. The number of unbranched alkanes of at least 4 members (excludes halogenated alkanes) is 1. The Morgan fingerprint density at radius 1 is 1.44 bits per heavy atom. The number of carbonyl (C=O) groups is 1. The SMILES string of the molecule is CCCCC1CN(C(=O)OC(C)(C)C)CCC1O. The van der Waals surface area contributed by atoms with Crippen LogP contribution in [0.15, 0.2) is 0 Å². The fourth-order valence-corrected chi connectivity index (χ4v) is 2.26. The lowest BCUT2D eigenvalue weighted by molar-refractivity contribution is -0.0103. The molecule has 1 N–H and O–H groups in total. The molecule has 0 radical (unpaired) electrons. The van der Waals surface area contributed by atoms with E-state index in [2.05, 4.69) is 6.92 Å². The third-order valence-corrected chi connectivity index (χ3v) is 3.27. The molecule has 4 nitrogen and oxygen atoms in total. The Balaban J connectivity index is 2.50. The van der Waals surface area contributed by atoms with Crippen LogP contribution in [-0.4, -0.2) is 40.9 Å². The van der Waals surface area contributed by atoms with Crippen LogP contribution in [0.4, 0.5) is 4.79 Å². The van der Waals surface area contributed by atoms with E-state index >= 15 is 0 Å². The monoisotopic (exact) mass is 257 g/mol. The van der Waals surface area contributed by atoms with Gasteiger partial charge < -0.3 is 14.7 Å². The number of ether oxygens (including phenoxy) is 1. The number of rotatable bonds is 3. The van der Waals surface area contributed by atoms with E-state index < -0.39 is 5.60 Å². The minimum absolute atomic E-state index is 0.200. The highest BCUT2D eigenvalue weighted by Gasteiger charge is 2.31. The zero-order chi connectivity index (χ0) is 13.8. The van der Waals surface area contributed by atoms with Gasteiger partial charge in [-0.05, 0) is 33.6 Å². The molecule has 2 unspecified atom stereocenters. The molecule has 0 aromatic heterocycles. The van der Waals surface area contributed by atoms with E-state index in [-0.39, 0.29) is 18.1 Å². The minimum atomic E-state index is -0.452. The molecule has 1 aliphatic heterocycles. The molecular formula is C14H27NO3. The van der Waals surface area contributed by atoms with Gasteiger partial charge in [0.05, 0.1) is 6.10 Å². The second-order valence-corrected chi connectivity index (χ2v) is 6.18. The normalized spacial score (nSPS) is 25.1. The molecule has 1 rings (SSSR count). The maximum absolute atomic E-state index is 12.0. The highest BCUT2D eigenvalue weighted by atomic mass is 16.6. The van der Waals surface area contributed by atoms with Crippen molar-refractivity contribution in [1.82, 2.24) is 4.90 Å². The Kier molecular flexibility index (Phi) is 5.45. The van der Waals surface area contributed by atoms with Crippen molar-refractivity contribution >= 4 is 6.09 Å². The van der Waals surface area contributed by atoms with Crippen molar-refractivity contribution in [1.29, 1.82) is 0 Å². The van der Waals surface area contributed by atoms with Gasteiger partial charge in [-0.1, -0.05) is 19.8 Å². The molecule has 0 aromatic rings. The maximum Gasteiger partial charge on any atom is 0.410 e. The van der Waals surface area contributed by atoms with Crippen molar-refractivity contribution < 1.29 is 14.6 Å². The van der Waals surface area contributed by atoms with Gasteiger partial charge >= 0.3 is 6.09 Å². The summed E-state index contributed by atoms with van der Waals surface area (Å²) in [5.74, 6) is 0.200. The Hall–Kier alpha value is -0.770. The molecule has 106 valence electrons. The lowest BCUT2D eigenvalue weighted by atomic mass is 9.90. The van der Waals surface area contributed by atoms with Crippen molar-refractivity contribution in [3.8, 4) is 0 Å². The molecule has 0 spiro atoms. The molecule has 4 heteroatoms. The van der Waals surface area contributed by atoms with E-state index in [1.807, 2.05) is 20.8 Å². The summed E-state index contributed by atoms with van der Waals surface area (Å²) in [6, 6.07) is 0. The minimum Gasteiger partial charge on any atom is -0.444 e. The lowest BCUT2D eigenvalue weighted by Gasteiger charge is -2.37. The third kappa shape index (κ3) is 4.84. The topological polar surface area (TPSA) is 49.8 Å². The summed E-state index contributed by atoms with van der Waals surface area (Å²) < 4.78 is 5.37. The fraction of sp³-hybridized carbons (Fsp3) is 0.929. The van der Waals surface area contributed by atoms with E-state index in [1.54, 1.807) is 4.90 Å². The zero-order valence-corrected chi connectivity index (χ0v) is 12.1. The summed E-state index contributed by atoms with van der Waals surface area (Å²) >= 11 is 0. The van der Waals surface area contributed by atoms with Gasteiger partial charge in [-0.3, -0.25) is 0 Å². The number of hydrogen-bond donors (Lipinski definition) is 1. The highest BCUT2D eigenvalue weighted by molar-refractivity contribution is 5.68. The first-order valence-electron chi connectivity index (χ1n) is 6.99. The van der Waals surface area contributed by atoms with Crippen molar-refractivity contribution in [2.45, 2.75) is 65.1 Å². The molecule has 18 heavy (non-hydrogen) atoms. The highest BCUT2D eigenvalue weighted by Crippen LogP contribution is 2.23. The molecule has 1 amide bonds. The van der Waals surface area contributed by atoms with Gasteiger partial charge in [0.1, 0.15) is 5.60 Å². The average Bonchev–Trinajstić information content (AvgIpc) is 2.25. The van der Waals surface area contributed by atoms with E-state index in [0.29, 0.717) is 19.5 Å². The molecule has 1 aliphatic rings. The van der Waals surface area contributed by atoms with Crippen molar-refractivity contribution in [3.05, 3.63) is 0 Å². The largest absolute Gasteiger partial charge is 0.444 e. The molecule has 2 atom stereocenters. The summed E-state index contributed by atoms with van der Waals surface area (Å²) in [6.45, 7) is 8.98. The number of amides is 1. The Labute approximate surface area is 110 Å². The lowest BCUT2D eigenvalue weighted by Crippen LogP contribution is -2.47. The first kappa shape index (κ1) is 15.3. The number of hydrogen-bond acceptors (Lipinski definition) is 3. The standard InChI is InChI=1S/C14H27NO3/c1-5-6-7-11-10-15(9-8-12(11)16)13(17)18-14(2,3)4/h11-12,16H,5-10H2,1-4H3. The maximum atomic E-state index is 12.0. The number of nitrogens with zero attached hydrogens (tertiary/aromatic N) is 1. The Bertz CT molecular complexity index is 273. The quantitative estimate of drug-likeness (QED) is 0.845. The van der Waals surface area contributed by atoms with Crippen LogP contribution in [0, 0.1) is 5.92 Å². The number of carbonyl (C=O) groups excluding carboxylic acids is 1. The predicted molar refractivity (Wildman–Crippen MR) is 71.4 cm³/mol. The summed E-state index contributed by atoms with van der Waals surface area (Å²) in [7, 11) is 0. The second kappa shape index (κ2) is 6.41. The van der Waals surface area contributed by atoms with Gasteiger partial charge in [0, 0.05) is 19.0 Å². The Morgan fingerprint density at radius 2 is 2.11 bits per heavy atom. The van der Waals surface area contributed by atoms with Crippen LogP contribution in [0.25, 0.3) is 0 Å². The molecule has 0 aromatic carbocycles. The number of aliphatic hydroxyl groups is 1. The van der Waals surface area contributed by atoms with E-state index in [9.17, 15) is 9.90 Å². The van der Waals surface area contributed by atoms with Gasteiger partial charge in [0.25, 0.3) is 0 Å². The predicted octanol–water partition coefficient (Wildman–Crippen LogP) is 2.79. The fourth-order valence-electron chi connectivity index (χ4n) is 2.26. The molecular weight excluding hydrogens is 230 g/mol. The summed E-state index contributed by atoms with van der Waals surface area (Å²) in [5, 5.41) is 9.95. The molecule has 1 fully saturated rings. The molecule has 1 saturated heterocycles. The van der Waals surface area contributed by atoms with E-state index in [4.69, 9.17) is 4.74 Å².